The highest BCUT2D eigenvalue weighted by Gasteiger charge is 2.25. The highest BCUT2D eigenvalue weighted by molar-refractivity contribution is 7.99. The zero-order valence-corrected chi connectivity index (χ0v) is 16.8. The van der Waals surface area contributed by atoms with Crippen molar-refractivity contribution in [3.8, 4) is 0 Å². The molecular formula is C22H27N3O2S. The van der Waals surface area contributed by atoms with Crippen molar-refractivity contribution < 1.29 is 9.90 Å². The monoisotopic (exact) mass is 397 g/mol. The predicted octanol–water partition coefficient (Wildman–Crippen LogP) is 2.16. The van der Waals surface area contributed by atoms with Gasteiger partial charge in [0.1, 0.15) is 0 Å². The number of nitrogens with zero attached hydrogens (tertiary/aromatic N) is 2. The van der Waals surface area contributed by atoms with Crippen molar-refractivity contribution in [3.63, 3.8) is 0 Å². The van der Waals surface area contributed by atoms with Crippen LogP contribution in [-0.2, 0) is 11.2 Å². The molecule has 1 atom stereocenters. The van der Waals surface area contributed by atoms with Gasteiger partial charge in [-0.1, -0.05) is 48.2 Å². The van der Waals surface area contributed by atoms with Crippen molar-refractivity contribution in [1.82, 2.24) is 15.1 Å². The van der Waals surface area contributed by atoms with Crippen molar-refractivity contribution in [2.45, 2.75) is 22.3 Å². The minimum atomic E-state index is -0.00414. The minimum Gasteiger partial charge on any atom is -0.395 e. The van der Waals surface area contributed by atoms with E-state index in [2.05, 4.69) is 63.6 Å². The smallest absolute Gasteiger partial charge is 0.234 e. The molecule has 0 saturated carbocycles. The number of β-amino-alcohol motifs (C(OH)–C–C–N with tert-alkyl or cyclic N) is 1. The normalized spacial score (nSPS) is 20.1. The zero-order valence-electron chi connectivity index (χ0n) is 16.0. The number of carbonyl (C=O) groups excluding carboxylic acids is 1. The van der Waals surface area contributed by atoms with E-state index in [-0.39, 0.29) is 18.6 Å². The number of carbonyl (C=O) groups is 1. The number of hydrogen-bond acceptors (Lipinski definition) is 5. The van der Waals surface area contributed by atoms with Gasteiger partial charge in [0, 0.05) is 42.5 Å². The van der Waals surface area contributed by atoms with E-state index < -0.39 is 0 Å². The molecule has 0 spiro atoms. The van der Waals surface area contributed by atoms with Crippen LogP contribution in [0.5, 0.6) is 0 Å². The van der Waals surface area contributed by atoms with Crippen LogP contribution in [0, 0.1) is 0 Å². The van der Waals surface area contributed by atoms with Crippen molar-refractivity contribution in [3.05, 3.63) is 59.7 Å². The fourth-order valence-corrected chi connectivity index (χ4v) is 5.11. The van der Waals surface area contributed by atoms with Crippen molar-refractivity contribution in [2.24, 2.45) is 0 Å². The number of piperazine rings is 1. The van der Waals surface area contributed by atoms with E-state index in [1.54, 1.807) is 11.8 Å². The number of nitrogens with one attached hydrogen (secondary N) is 1. The second-order valence-corrected chi connectivity index (χ2v) is 8.50. The molecule has 0 radical (unpaired) electrons. The highest BCUT2D eigenvalue weighted by Crippen LogP contribution is 2.40. The topological polar surface area (TPSA) is 55.8 Å². The summed E-state index contributed by atoms with van der Waals surface area (Å²) in [5.41, 5.74) is 2.48. The minimum absolute atomic E-state index is 0.00414. The lowest BCUT2D eigenvalue weighted by Gasteiger charge is -2.34. The fraction of sp³-hybridized carbons (Fsp3) is 0.409. The summed E-state index contributed by atoms with van der Waals surface area (Å²) in [6.07, 6.45) is 0.816. The van der Waals surface area contributed by atoms with E-state index in [0.717, 1.165) is 39.1 Å². The average Bonchev–Trinajstić information content (AvgIpc) is 2.86. The lowest BCUT2D eigenvalue weighted by molar-refractivity contribution is -0.123. The zero-order chi connectivity index (χ0) is 19.3. The van der Waals surface area contributed by atoms with E-state index in [1.807, 2.05) is 0 Å². The molecule has 6 heteroatoms. The Morgan fingerprint density at radius 2 is 1.68 bits per heavy atom. The Bertz CT molecular complexity index is 821. The molecule has 2 N–H and O–H groups in total. The summed E-state index contributed by atoms with van der Waals surface area (Å²) >= 11 is 1.79. The standard InChI is InChI=1S/C22H27N3O2S/c26-14-13-24-9-11-25(12-10-24)16-22(27)23-19-15-17-5-1-3-7-20(17)28-21-8-4-2-6-18(19)21/h1-8,19,26H,9-16H2,(H,23,27). The molecule has 2 aliphatic heterocycles. The predicted molar refractivity (Wildman–Crippen MR) is 112 cm³/mol. The van der Waals surface area contributed by atoms with Crippen LogP contribution in [0.3, 0.4) is 0 Å². The van der Waals surface area contributed by atoms with Gasteiger partial charge in [0.2, 0.25) is 5.91 Å². The molecule has 148 valence electrons. The molecule has 2 aromatic carbocycles. The quantitative estimate of drug-likeness (QED) is 0.810. The number of aliphatic hydroxyl groups excluding tert-OH is 1. The first kappa shape index (κ1) is 19.5. The Kier molecular flexibility index (Phi) is 6.32. The van der Waals surface area contributed by atoms with Crippen molar-refractivity contribution in [2.75, 3.05) is 45.9 Å². The van der Waals surface area contributed by atoms with Gasteiger partial charge in [-0.15, -0.1) is 0 Å². The third-order valence-corrected chi connectivity index (χ3v) is 6.70. The molecule has 28 heavy (non-hydrogen) atoms. The van der Waals surface area contributed by atoms with Crippen molar-refractivity contribution >= 4 is 17.7 Å². The molecule has 2 aliphatic rings. The third-order valence-electron chi connectivity index (χ3n) is 5.49. The largest absolute Gasteiger partial charge is 0.395 e. The lowest BCUT2D eigenvalue weighted by atomic mass is 9.99. The van der Waals surface area contributed by atoms with Gasteiger partial charge in [0.15, 0.2) is 0 Å². The Morgan fingerprint density at radius 3 is 2.46 bits per heavy atom. The van der Waals surface area contributed by atoms with Crippen LogP contribution in [0.2, 0.25) is 0 Å². The Hall–Kier alpha value is -1.86. The van der Waals surface area contributed by atoms with Crippen molar-refractivity contribution in [1.29, 1.82) is 0 Å². The van der Waals surface area contributed by atoms with E-state index in [4.69, 9.17) is 5.11 Å². The van der Waals surface area contributed by atoms with Crippen LogP contribution >= 0.6 is 11.8 Å². The molecule has 0 aliphatic carbocycles. The average molecular weight is 398 g/mol. The second-order valence-electron chi connectivity index (χ2n) is 7.41. The van der Waals surface area contributed by atoms with Gasteiger partial charge in [-0.25, -0.2) is 0 Å². The fourth-order valence-electron chi connectivity index (χ4n) is 3.97. The third kappa shape index (κ3) is 4.58. The van der Waals surface area contributed by atoms with Crippen LogP contribution in [0.25, 0.3) is 0 Å². The number of hydrogen-bond donors (Lipinski definition) is 2. The molecule has 0 aromatic heterocycles. The molecule has 1 fully saturated rings. The summed E-state index contributed by atoms with van der Waals surface area (Å²) in [6, 6.07) is 16.8. The Labute approximate surface area is 170 Å². The second kappa shape index (κ2) is 9.09. The maximum absolute atomic E-state index is 12.8. The molecule has 0 bridgehead atoms. The van der Waals surface area contributed by atoms with E-state index >= 15 is 0 Å². The maximum Gasteiger partial charge on any atom is 0.234 e. The molecule has 1 amide bonds. The first-order valence-electron chi connectivity index (χ1n) is 9.92. The highest BCUT2D eigenvalue weighted by atomic mass is 32.2. The SMILES string of the molecule is O=C(CN1CCN(CCO)CC1)NC1Cc2ccccc2Sc2ccccc21. The van der Waals surface area contributed by atoms with E-state index in [1.165, 1.54) is 20.9 Å². The van der Waals surface area contributed by atoms with Gasteiger partial charge in [-0.3, -0.25) is 14.6 Å². The van der Waals surface area contributed by atoms with Crippen LogP contribution < -0.4 is 5.32 Å². The Balaban J connectivity index is 1.43. The van der Waals surface area contributed by atoms with Gasteiger partial charge in [-0.05, 0) is 29.7 Å². The summed E-state index contributed by atoms with van der Waals surface area (Å²) < 4.78 is 0. The molecule has 2 aromatic rings. The van der Waals surface area contributed by atoms with E-state index in [0.29, 0.717) is 6.54 Å². The summed E-state index contributed by atoms with van der Waals surface area (Å²) in [6.45, 7) is 4.90. The van der Waals surface area contributed by atoms with Gasteiger partial charge >= 0.3 is 0 Å². The molecular weight excluding hydrogens is 370 g/mol. The van der Waals surface area contributed by atoms with E-state index in [9.17, 15) is 4.79 Å². The number of aliphatic hydroxyl groups is 1. The van der Waals surface area contributed by atoms with Crippen LogP contribution in [0.15, 0.2) is 58.3 Å². The van der Waals surface area contributed by atoms with Gasteiger partial charge in [0.05, 0.1) is 19.2 Å². The van der Waals surface area contributed by atoms with Crippen LogP contribution in [-0.4, -0.2) is 66.7 Å². The Morgan fingerprint density at radius 1 is 1.00 bits per heavy atom. The molecule has 5 nitrogen and oxygen atoms in total. The van der Waals surface area contributed by atoms with Gasteiger partial charge in [0.25, 0.3) is 0 Å². The maximum atomic E-state index is 12.8. The summed E-state index contributed by atoms with van der Waals surface area (Å²) in [4.78, 5) is 19.7. The number of rotatable bonds is 5. The summed E-state index contributed by atoms with van der Waals surface area (Å²) in [7, 11) is 0. The lowest BCUT2D eigenvalue weighted by Crippen LogP contribution is -2.50. The number of benzene rings is 2. The summed E-state index contributed by atoms with van der Waals surface area (Å²) in [5, 5.41) is 12.4. The van der Waals surface area contributed by atoms with Gasteiger partial charge < -0.3 is 10.4 Å². The number of amides is 1. The van der Waals surface area contributed by atoms with Gasteiger partial charge in [-0.2, -0.15) is 0 Å². The molecule has 1 saturated heterocycles. The first-order valence-corrected chi connectivity index (χ1v) is 10.7. The van der Waals surface area contributed by atoms with Crippen LogP contribution in [0.4, 0.5) is 0 Å². The number of fused-ring (bicyclic) bond motifs is 2. The molecule has 1 unspecified atom stereocenters. The molecule has 4 rings (SSSR count). The van der Waals surface area contributed by atoms with Crippen LogP contribution in [0.1, 0.15) is 17.2 Å². The summed E-state index contributed by atoms with van der Waals surface area (Å²) in [5.74, 6) is 0.0831. The molecule has 2 heterocycles. The first-order chi connectivity index (χ1) is 13.7.